The Hall–Kier alpha value is -1.51. The first-order chi connectivity index (χ1) is 8.69. The fourth-order valence-electron chi connectivity index (χ4n) is 2.79. The van der Waals surface area contributed by atoms with Gasteiger partial charge in [-0.3, -0.25) is 4.79 Å². The minimum absolute atomic E-state index is 0.179. The topological polar surface area (TPSA) is 29.5 Å². The smallest absolute Gasteiger partial charge is 0.313 e. The van der Waals surface area contributed by atoms with E-state index < -0.39 is 5.41 Å². The molecule has 0 unspecified atom stereocenters. The predicted octanol–water partition coefficient (Wildman–Crippen LogP) is 3.25. The van der Waals surface area contributed by atoms with Gasteiger partial charge in [-0.25, -0.2) is 0 Å². The fourth-order valence-corrected chi connectivity index (χ4v) is 2.79. The van der Waals surface area contributed by atoms with E-state index in [1.54, 1.807) is 0 Å². The average molecular weight is 263 g/mol. The van der Waals surface area contributed by atoms with Gasteiger partial charge in [0.25, 0.3) is 0 Å². The Morgan fingerprint density at radius 2 is 1.68 bits per heavy atom. The molecule has 0 spiro atoms. The van der Waals surface area contributed by atoms with E-state index in [0.717, 1.165) is 0 Å². The number of carbonyl (C=O) groups excluding carboxylic acids is 1. The maximum absolute atomic E-state index is 11.8. The summed E-state index contributed by atoms with van der Waals surface area (Å²) in [5, 5.41) is 0. The van der Waals surface area contributed by atoms with E-state index >= 15 is 0 Å². The van der Waals surface area contributed by atoms with E-state index in [1.165, 1.54) is 29.5 Å². The third-order valence-electron chi connectivity index (χ3n) is 3.39. The minimum Gasteiger partial charge on any atom is -0.469 e. The molecule has 0 aliphatic carbocycles. The molecule has 0 fully saturated rings. The van der Waals surface area contributed by atoms with Crippen molar-refractivity contribution < 1.29 is 9.53 Å². The summed E-state index contributed by atoms with van der Waals surface area (Å²) >= 11 is 0. The molecule has 0 amide bonds. The number of rotatable bonds is 4. The molecule has 3 nitrogen and oxygen atoms in total. The molecule has 0 saturated heterocycles. The summed E-state index contributed by atoms with van der Waals surface area (Å²) in [5.41, 5.74) is 4.41. The second kappa shape index (κ2) is 5.64. The monoisotopic (exact) mass is 263 g/mol. The quantitative estimate of drug-likeness (QED) is 0.781. The lowest BCUT2D eigenvalue weighted by molar-refractivity contribution is -0.150. The zero-order chi connectivity index (χ0) is 14.8. The summed E-state index contributed by atoms with van der Waals surface area (Å²) in [6.45, 7) is 10.8. The Balaban J connectivity index is 3.02. The van der Waals surface area contributed by atoms with Crippen LogP contribution in [0.4, 0.5) is 5.69 Å². The van der Waals surface area contributed by atoms with Crippen LogP contribution < -0.4 is 4.90 Å². The van der Waals surface area contributed by atoms with Crippen molar-refractivity contribution in [1.29, 1.82) is 0 Å². The van der Waals surface area contributed by atoms with Gasteiger partial charge in [0.2, 0.25) is 0 Å². The molecule has 1 rings (SSSR count). The predicted molar refractivity (Wildman–Crippen MR) is 79.7 cm³/mol. The summed E-state index contributed by atoms with van der Waals surface area (Å²) in [4.78, 5) is 13.9. The summed E-state index contributed by atoms with van der Waals surface area (Å²) in [7, 11) is 3.46. The van der Waals surface area contributed by atoms with Crippen molar-refractivity contribution in [3.05, 3.63) is 28.8 Å². The number of nitrogens with zero attached hydrogens (tertiary/aromatic N) is 1. The van der Waals surface area contributed by atoms with Crippen LogP contribution in [0.3, 0.4) is 0 Å². The fraction of sp³-hybridized carbons (Fsp3) is 0.562. The molecule has 0 atom stereocenters. The Kier molecular flexibility index (Phi) is 4.61. The molecule has 0 aromatic heterocycles. The lowest BCUT2D eigenvalue weighted by Crippen LogP contribution is -2.38. The summed E-state index contributed by atoms with van der Waals surface area (Å²) < 4.78 is 4.87. The zero-order valence-electron chi connectivity index (χ0n) is 13.1. The van der Waals surface area contributed by atoms with Crippen LogP contribution in [0.2, 0.25) is 0 Å². The van der Waals surface area contributed by atoms with Gasteiger partial charge < -0.3 is 9.64 Å². The summed E-state index contributed by atoms with van der Waals surface area (Å²) in [5.74, 6) is -0.179. The van der Waals surface area contributed by atoms with E-state index in [-0.39, 0.29) is 5.97 Å². The van der Waals surface area contributed by atoms with Crippen molar-refractivity contribution in [2.45, 2.75) is 34.6 Å². The van der Waals surface area contributed by atoms with Crippen molar-refractivity contribution >= 4 is 11.7 Å². The number of esters is 1. The van der Waals surface area contributed by atoms with Crippen LogP contribution in [0.25, 0.3) is 0 Å². The molecule has 1 aromatic rings. The number of methoxy groups -OCH3 is 1. The highest BCUT2D eigenvalue weighted by Gasteiger charge is 2.30. The molecule has 0 bridgehead atoms. The first-order valence-corrected chi connectivity index (χ1v) is 6.56. The lowest BCUT2D eigenvalue weighted by Gasteiger charge is -2.31. The van der Waals surface area contributed by atoms with E-state index in [9.17, 15) is 4.79 Å². The molecule has 0 heterocycles. The van der Waals surface area contributed by atoms with Gasteiger partial charge in [-0.1, -0.05) is 17.7 Å². The molecular weight excluding hydrogens is 238 g/mol. The normalized spacial score (nSPS) is 11.3. The molecule has 106 valence electrons. The number of hydrogen-bond acceptors (Lipinski definition) is 3. The van der Waals surface area contributed by atoms with Crippen LogP contribution in [0.15, 0.2) is 12.1 Å². The maximum Gasteiger partial charge on any atom is 0.313 e. The Morgan fingerprint density at radius 1 is 1.21 bits per heavy atom. The van der Waals surface area contributed by atoms with Gasteiger partial charge in [-0.05, 0) is 45.7 Å². The van der Waals surface area contributed by atoms with Crippen LogP contribution in [-0.2, 0) is 9.53 Å². The third-order valence-corrected chi connectivity index (χ3v) is 3.39. The van der Waals surface area contributed by atoms with Crippen LogP contribution in [0.1, 0.15) is 30.5 Å². The molecule has 0 N–H and O–H groups in total. The highest BCUT2D eigenvalue weighted by molar-refractivity contribution is 5.77. The van der Waals surface area contributed by atoms with Gasteiger partial charge in [0.1, 0.15) is 0 Å². The van der Waals surface area contributed by atoms with Crippen molar-refractivity contribution in [2.24, 2.45) is 5.41 Å². The van der Waals surface area contributed by atoms with E-state index in [1.807, 2.05) is 20.9 Å². The highest BCUT2D eigenvalue weighted by atomic mass is 16.5. The number of anilines is 1. The van der Waals surface area contributed by atoms with Crippen LogP contribution >= 0.6 is 0 Å². The van der Waals surface area contributed by atoms with Crippen molar-refractivity contribution in [3.63, 3.8) is 0 Å². The molecular formula is C16H25NO2. The molecule has 0 aliphatic heterocycles. The lowest BCUT2D eigenvalue weighted by atomic mass is 9.92. The molecule has 1 aromatic carbocycles. The number of hydrogen-bond donors (Lipinski definition) is 0. The second-order valence-corrected chi connectivity index (χ2v) is 5.98. The van der Waals surface area contributed by atoms with Gasteiger partial charge in [-0.2, -0.15) is 0 Å². The first-order valence-electron chi connectivity index (χ1n) is 6.56. The van der Waals surface area contributed by atoms with E-state index in [0.29, 0.717) is 6.54 Å². The van der Waals surface area contributed by atoms with Crippen molar-refractivity contribution in [1.82, 2.24) is 0 Å². The second-order valence-electron chi connectivity index (χ2n) is 5.98. The average Bonchev–Trinajstić information content (AvgIpc) is 2.25. The third kappa shape index (κ3) is 3.49. The van der Waals surface area contributed by atoms with Gasteiger partial charge in [0, 0.05) is 19.3 Å². The number of benzene rings is 1. The molecule has 0 radical (unpaired) electrons. The van der Waals surface area contributed by atoms with Gasteiger partial charge in [0.05, 0.1) is 12.5 Å². The molecule has 3 heteroatoms. The van der Waals surface area contributed by atoms with Crippen LogP contribution in [-0.4, -0.2) is 26.7 Å². The van der Waals surface area contributed by atoms with Crippen LogP contribution in [0.5, 0.6) is 0 Å². The number of ether oxygens (including phenoxy) is 1. The number of carbonyl (C=O) groups is 1. The van der Waals surface area contributed by atoms with Crippen molar-refractivity contribution in [2.75, 3.05) is 25.6 Å². The van der Waals surface area contributed by atoms with Gasteiger partial charge in [0.15, 0.2) is 0 Å². The summed E-state index contributed by atoms with van der Waals surface area (Å²) in [6.07, 6.45) is 0. The van der Waals surface area contributed by atoms with E-state index in [2.05, 4.69) is 37.8 Å². The Morgan fingerprint density at radius 3 is 2.11 bits per heavy atom. The maximum atomic E-state index is 11.8. The SMILES string of the molecule is COC(=O)C(C)(C)CN(C)c1c(C)cc(C)cc1C. The Labute approximate surface area is 116 Å². The van der Waals surface area contributed by atoms with Crippen molar-refractivity contribution in [3.8, 4) is 0 Å². The molecule has 19 heavy (non-hydrogen) atoms. The largest absolute Gasteiger partial charge is 0.469 e. The molecule has 0 saturated carbocycles. The number of aryl methyl sites for hydroxylation is 3. The van der Waals surface area contributed by atoms with E-state index in [4.69, 9.17) is 4.74 Å². The van der Waals surface area contributed by atoms with Crippen LogP contribution in [0, 0.1) is 26.2 Å². The Bertz CT molecular complexity index is 455. The minimum atomic E-state index is -0.521. The van der Waals surface area contributed by atoms with Gasteiger partial charge in [-0.15, -0.1) is 0 Å². The standard InChI is InChI=1S/C16H25NO2/c1-11-8-12(2)14(13(3)9-11)17(6)10-16(4,5)15(18)19-7/h8-9H,10H2,1-7H3. The first kappa shape index (κ1) is 15.5. The summed E-state index contributed by atoms with van der Waals surface area (Å²) in [6, 6.07) is 4.34. The highest BCUT2D eigenvalue weighted by Crippen LogP contribution is 2.28. The molecule has 0 aliphatic rings. The van der Waals surface area contributed by atoms with Gasteiger partial charge >= 0.3 is 5.97 Å². The zero-order valence-corrected chi connectivity index (χ0v) is 13.1.